The van der Waals surface area contributed by atoms with Gasteiger partial charge < -0.3 is 5.73 Å². The summed E-state index contributed by atoms with van der Waals surface area (Å²) < 4.78 is 59.2. The molecule has 0 aromatic carbocycles. The van der Waals surface area contributed by atoms with Gasteiger partial charge in [-0.05, 0) is 6.54 Å². The zero-order valence-electron chi connectivity index (χ0n) is 6.00. The van der Waals surface area contributed by atoms with Crippen molar-refractivity contribution >= 4 is 7.81 Å². The summed E-state index contributed by atoms with van der Waals surface area (Å²) in [5.41, 5.74) is 4.85. The summed E-state index contributed by atoms with van der Waals surface area (Å²) in [5, 5.41) is 0. The van der Waals surface area contributed by atoms with Gasteiger partial charge in [0.15, 0.2) is 0 Å². The Morgan fingerprint density at radius 2 is 1.10 bits per heavy atom. The van der Waals surface area contributed by atoms with Crippen molar-refractivity contribution in [3.63, 3.8) is 0 Å². The average Bonchev–Trinajstić information content (AvgIpc) is 1.20. The molecule has 0 aromatic heterocycles. The molecule has 68 valence electrons. The summed E-state index contributed by atoms with van der Waals surface area (Å²) >= 11 is 0. The predicted molar refractivity (Wildman–Crippen MR) is 29.4 cm³/mol. The largest absolute Gasteiger partial charge is 1.00 e. The minimum absolute atomic E-state index is 0. The van der Waals surface area contributed by atoms with Crippen molar-refractivity contribution < 1.29 is 26.6 Å². The summed E-state index contributed by atoms with van der Waals surface area (Å²) in [6.45, 7) is 2.65. The summed E-state index contributed by atoms with van der Waals surface area (Å²) in [4.78, 5) is 0. The van der Waals surface area contributed by atoms with Gasteiger partial charge in [0.05, 0.1) is 0 Å². The molecule has 10 heavy (non-hydrogen) atoms. The molecule has 0 saturated heterocycles. The molecule has 0 spiro atoms. The molecule has 0 aliphatic rings. The normalized spacial score (nSPS) is 18.0. The van der Waals surface area contributed by atoms with Crippen LogP contribution in [0.25, 0.3) is 0 Å². The van der Waals surface area contributed by atoms with Crippen LogP contribution in [-0.4, -0.2) is 6.54 Å². The summed E-state index contributed by atoms with van der Waals surface area (Å²) in [6.07, 6.45) is 0. The Kier molecular flexibility index (Phi) is 2.82. The zero-order valence-corrected chi connectivity index (χ0v) is 5.89. The van der Waals surface area contributed by atoms with E-state index >= 15 is 0 Å². The van der Waals surface area contributed by atoms with Gasteiger partial charge in [-0.3, -0.25) is 0 Å². The second kappa shape index (κ2) is 2.23. The third-order valence-electron chi connectivity index (χ3n) is 0. The molecule has 0 rings (SSSR count). The number of rotatable bonds is 0. The van der Waals surface area contributed by atoms with Gasteiger partial charge in [-0.2, -0.15) is 0 Å². The molecule has 0 atom stereocenters. The van der Waals surface area contributed by atoms with Crippen LogP contribution in [0.3, 0.4) is 0 Å². The number of hydrogen-bond acceptors (Lipinski definition) is 1. The fourth-order valence-corrected chi connectivity index (χ4v) is 0. The van der Waals surface area contributed by atoms with Crippen molar-refractivity contribution in [2.75, 3.05) is 6.54 Å². The third-order valence-corrected chi connectivity index (χ3v) is 0. The van der Waals surface area contributed by atoms with Crippen LogP contribution < -0.4 is 5.73 Å². The Hall–Kier alpha value is -0.0300. The van der Waals surface area contributed by atoms with Gasteiger partial charge in [0.2, 0.25) is 0 Å². The Morgan fingerprint density at radius 1 is 1.10 bits per heavy atom. The van der Waals surface area contributed by atoms with Crippen LogP contribution >= 0.6 is 7.81 Å². The molecule has 0 fully saturated rings. The SMILES string of the molecule is CCN.F[P-](F)(F)(F)(F)F.[H+]. The first-order valence-electron chi connectivity index (χ1n) is 2.13. The first kappa shape index (κ1) is 12.6. The van der Waals surface area contributed by atoms with Gasteiger partial charge in [0, 0.05) is 0 Å². The van der Waals surface area contributed by atoms with Gasteiger partial charge in [0.1, 0.15) is 0 Å². The molecule has 8 heteroatoms. The monoisotopic (exact) mass is 191 g/mol. The Bertz CT molecular complexity index is 89.9. The first-order chi connectivity index (χ1) is 3.86. The minimum atomic E-state index is -10.7. The van der Waals surface area contributed by atoms with Crippen molar-refractivity contribution in [3.8, 4) is 0 Å². The first-order valence-corrected chi connectivity index (χ1v) is 4.16. The van der Waals surface area contributed by atoms with Crippen molar-refractivity contribution in [1.82, 2.24) is 0 Å². The average molecular weight is 191 g/mol. The summed E-state index contributed by atoms with van der Waals surface area (Å²) in [6, 6.07) is 0. The van der Waals surface area contributed by atoms with E-state index < -0.39 is 7.81 Å². The smallest absolute Gasteiger partial charge is 1.00 e. The van der Waals surface area contributed by atoms with Crippen LogP contribution in [0, 0.1) is 0 Å². The molecule has 0 aromatic rings. The van der Waals surface area contributed by atoms with E-state index in [1.54, 1.807) is 0 Å². The third kappa shape index (κ3) is 430000. The molecule has 0 radical (unpaired) electrons. The van der Waals surface area contributed by atoms with E-state index in [0.717, 1.165) is 6.54 Å². The van der Waals surface area contributed by atoms with Crippen LogP contribution in [0.1, 0.15) is 8.35 Å². The topological polar surface area (TPSA) is 26.0 Å². The summed E-state index contributed by atoms with van der Waals surface area (Å²) in [5.74, 6) is 0. The molecular formula is C2H8F6NP. The second-order valence-corrected chi connectivity index (χ2v) is 3.28. The maximum atomic E-state index is 9.87. The van der Waals surface area contributed by atoms with Gasteiger partial charge in [-0.15, -0.1) is 0 Å². The van der Waals surface area contributed by atoms with Gasteiger partial charge >= 0.3 is 34.4 Å². The van der Waals surface area contributed by atoms with E-state index in [-0.39, 0.29) is 1.43 Å². The van der Waals surface area contributed by atoms with E-state index in [9.17, 15) is 25.2 Å². The van der Waals surface area contributed by atoms with Crippen molar-refractivity contribution in [3.05, 3.63) is 0 Å². The molecule has 0 amide bonds. The molecular weight excluding hydrogens is 183 g/mol. The molecule has 0 aliphatic carbocycles. The van der Waals surface area contributed by atoms with Crippen molar-refractivity contribution in [1.29, 1.82) is 0 Å². The van der Waals surface area contributed by atoms with Crippen LogP contribution in [0.2, 0.25) is 0 Å². The number of halogens is 6. The Morgan fingerprint density at radius 3 is 1.10 bits per heavy atom. The predicted octanol–water partition coefficient (Wildman–Crippen LogP) is 3.46. The van der Waals surface area contributed by atoms with Gasteiger partial charge in [-0.1, -0.05) is 6.92 Å². The second-order valence-electron chi connectivity index (χ2n) is 1.37. The fourth-order valence-electron chi connectivity index (χ4n) is 0. The van der Waals surface area contributed by atoms with Gasteiger partial charge in [-0.25, -0.2) is 0 Å². The van der Waals surface area contributed by atoms with E-state index in [1.807, 2.05) is 6.92 Å². The van der Waals surface area contributed by atoms with Crippen LogP contribution in [-0.2, 0) is 0 Å². The van der Waals surface area contributed by atoms with Crippen LogP contribution in [0.4, 0.5) is 25.2 Å². The van der Waals surface area contributed by atoms with Crippen molar-refractivity contribution in [2.24, 2.45) is 5.73 Å². The molecule has 0 unspecified atom stereocenters. The van der Waals surface area contributed by atoms with Crippen LogP contribution in [0.15, 0.2) is 0 Å². The number of hydrogen-bond donors (Lipinski definition) is 1. The summed E-state index contributed by atoms with van der Waals surface area (Å²) in [7, 11) is -10.7. The number of nitrogens with two attached hydrogens (primary N) is 1. The maximum absolute atomic E-state index is 10.7. The van der Waals surface area contributed by atoms with E-state index in [1.165, 1.54) is 0 Å². The Labute approximate surface area is 54.9 Å². The molecule has 2 N–H and O–H groups in total. The Balaban J connectivity index is -0.000000140. The molecule has 0 bridgehead atoms. The maximum Gasteiger partial charge on any atom is 1.00 e. The fraction of sp³-hybridized carbons (Fsp3) is 1.00. The van der Waals surface area contributed by atoms with E-state index in [2.05, 4.69) is 0 Å². The molecule has 0 aliphatic heterocycles. The van der Waals surface area contributed by atoms with E-state index in [0.29, 0.717) is 0 Å². The van der Waals surface area contributed by atoms with Crippen molar-refractivity contribution in [2.45, 2.75) is 6.92 Å². The quantitative estimate of drug-likeness (QED) is 0.460. The molecule has 0 heterocycles. The molecule has 0 saturated carbocycles. The molecule has 1 nitrogen and oxygen atoms in total. The standard InChI is InChI=1S/C2H7N.F6P/c1-2-3;1-7(2,3,4,5)6/h2-3H2,1H3;/q;-1/p+1. The van der Waals surface area contributed by atoms with Gasteiger partial charge in [0.25, 0.3) is 0 Å². The minimum Gasteiger partial charge on any atom is 1.00 e. The van der Waals surface area contributed by atoms with E-state index in [4.69, 9.17) is 5.73 Å². The zero-order chi connectivity index (χ0) is 9.12. The van der Waals surface area contributed by atoms with Crippen LogP contribution in [0.5, 0.6) is 0 Å².